The number of amides is 2. The highest BCUT2D eigenvalue weighted by Crippen LogP contribution is 2.30. The highest BCUT2D eigenvalue weighted by molar-refractivity contribution is 7.15. The molecule has 6 heteroatoms. The summed E-state index contributed by atoms with van der Waals surface area (Å²) in [6.45, 7) is 6.46. The van der Waals surface area contributed by atoms with E-state index >= 15 is 0 Å². The van der Waals surface area contributed by atoms with Crippen molar-refractivity contribution in [1.82, 2.24) is 10.3 Å². The number of anilines is 1. The summed E-state index contributed by atoms with van der Waals surface area (Å²) in [5, 5.41) is 15.3. The Morgan fingerprint density at radius 2 is 2.25 bits per heavy atom. The molecule has 0 saturated heterocycles. The highest BCUT2D eigenvalue weighted by atomic mass is 32.1. The lowest BCUT2D eigenvalue weighted by molar-refractivity contribution is 0.238. The first-order valence-electron chi connectivity index (χ1n) is 6.71. The van der Waals surface area contributed by atoms with E-state index in [4.69, 9.17) is 5.11 Å². The number of carbonyl (C=O) groups excluding carboxylic acids is 1. The largest absolute Gasteiger partial charge is 0.396 e. The number of thiazole rings is 1. The summed E-state index contributed by atoms with van der Waals surface area (Å²) in [5.74, 6) is 0.146. The molecule has 0 radical (unpaired) electrons. The zero-order chi connectivity index (χ0) is 14.8. The molecule has 1 aliphatic carbocycles. The van der Waals surface area contributed by atoms with E-state index < -0.39 is 0 Å². The quantitative estimate of drug-likeness (QED) is 0.750. The number of aromatic nitrogens is 1. The van der Waals surface area contributed by atoms with Crippen molar-refractivity contribution in [1.29, 1.82) is 0 Å². The number of rotatable bonds is 3. The smallest absolute Gasteiger partial charge is 0.321 e. The average molecular weight is 295 g/mol. The van der Waals surface area contributed by atoms with Crippen LogP contribution in [0.4, 0.5) is 9.93 Å². The number of urea groups is 1. The van der Waals surface area contributed by atoms with Gasteiger partial charge in [0.1, 0.15) is 0 Å². The van der Waals surface area contributed by atoms with Crippen LogP contribution in [-0.4, -0.2) is 28.8 Å². The predicted molar refractivity (Wildman–Crippen MR) is 81.1 cm³/mol. The second-order valence-corrected chi connectivity index (χ2v) is 7.08. The van der Waals surface area contributed by atoms with E-state index in [1.807, 2.05) is 12.2 Å². The fourth-order valence-electron chi connectivity index (χ4n) is 2.00. The molecule has 0 spiro atoms. The van der Waals surface area contributed by atoms with E-state index in [0.29, 0.717) is 5.13 Å². The Balaban J connectivity index is 1.86. The molecule has 2 atom stereocenters. The molecule has 2 amide bonds. The standard InChI is InChI=1S/C14H21N3O2S/c1-14(2,3)11-7-15-13(20-11)17-12(19)16-10-5-4-9(6-10)8-18/h4-5,7,9-10,18H,6,8H2,1-3H3,(H2,15,16,17,19)/t9-,10+/m0/s1. The Hall–Kier alpha value is -1.40. The molecule has 0 aromatic carbocycles. The van der Waals surface area contributed by atoms with E-state index in [0.717, 1.165) is 11.3 Å². The minimum absolute atomic E-state index is 0.0193. The first-order chi connectivity index (χ1) is 9.38. The number of aliphatic hydroxyl groups excluding tert-OH is 1. The molecule has 110 valence electrons. The van der Waals surface area contributed by atoms with Crippen LogP contribution >= 0.6 is 11.3 Å². The average Bonchev–Trinajstić information content (AvgIpc) is 2.97. The minimum Gasteiger partial charge on any atom is -0.396 e. The van der Waals surface area contributed by atoms with E-state index in [9.17, 15) is 4.79 Å². The van der Waals surface area contributed by atoms with Crippen molar-refractivity contribution in [3.63, 3.8) is 0 Å². The Labute approximate surface area is 123 Å². The molecule has 5 nitrogen and oxygen atoms in total. The molecule has 0 bridgehead atoms. The molecule has 3 N–H and O–H groups in total. The molecule has 0 aliphatic heterocycles. The molecular formula is C14H21N3O2S. The van der Waals surface area contributed by atoms with Crippen molar-refractivity contribution >= 4 is 22.5 Å². The summed E-state index contributed by atoms with van der Waals surface area (Å²) in [7, 11) is 0. The molecule has 0 fully saturated rings. The van der Waals surface area contributed by atoms with Crippen molar-refractivity contribution in [3.05, 3.63) is 23.2 Å². The summed E-state index contributed by atoms with van der Waals surface area (Å²) < 4.78 is 0. The highest BCUT2D eigenvalue weighted by Gasteiger charge is 2.21. The van der Waals surface area contributed by atoms with Gasteiger partial charge in [-0.2, -0.15) is 0 Å². The zero-order valence-corrected chi connectivity index (χ0v) is 12.8. The lowest BCUT2D eigenvalue weighted by Crippen LogP contribution is -2.36. The number of hydrogen-bond acceptors (Lipinski definition) is 4. The van der Waals surface area contributed by atoms with Gasteiger partial charge in [0.05, 0.1) is 0 Å². The first-order valence-corrected chi connectivity index (χ1v) is 7.53. The zero-order valence-electron chi connectivity index (χ0n) is 12.0. The van der Waals surface area contributed by atoms with Crippen LogP contribution in [-0.2, 0) is 5.41 Å². The van der Waals surface area contributed by atoms with E-state index in [-0.39, 0.29) is 30.0 Å². The lowest BCUT2D eigenvalue weighted by atomic mass is 9.96. The van der Waals surface area contributed by atoms with Crippen molar-refractivity contribution in [2.24, 2.45) is 5.92 Å². The SMILES string of the molecule is CC(C)(C)c1cnc(NC(=O)N[C@@H]2C=C[C@H](CO)C2)s1. The van der Waals surface area contributed by atoms with Gasteiger partial charge in [0.2, 0.25) is 0 Å². The van der Waals surface area contributed by atoms with Gasteiger partial charge in [-0.3, -0.25) is 5.32 Å². The summed E-state index contributed by atoms with van der Waals surface area (Å²) in [6, 6.07) is -0.276. The van der Waals surface area contributed by atoms with Gasteiger partial charge in [-0.1, -0.05) is 32.9 Å². The molecule has 1 aliphatic rings. The van der Waals surface area contributed by atoms with E-state index in [1.165, 1.54) is 11.3 Å². The number of nitrogens with zero attached hydrogens (tertiary/aromatic N) is 1. The van der Waals surface area contributed by atoms with Crippen LogP contribution in [0.1, 0.15) is 32.1 Å². The summed E-state index contributed by atoms with van der Waals surface area (Å²) in [4.78, 5) is 17.2. The van der Waals surface area contributed by atoms with Crippen LogP contribution in [0.2, 0.25) is 0 Å². The third kappa shape index (κ3) is 3.80. The van der Waals surface area contributed by atoms with Gasteiger partial charge in [-0.15, -0.1) is 11.3 Å². The predicted octanol–water partition coefficient (Wildman–Crippen LogP) is 2.50. The second kappa shape index (κ2) is 5.93. The number of aliphatic hydroxyl groups is 1. The Kier molecular flexibility index (Phi) is 4.45. The summed E-state index contributed by atoms with van der Waals surface area (Å²) in [5.41, 5.74) is 0.0383. The van der Waals surface area contributed by atoms with Crippen molar-refractivity contribution in [3.8, 4) is 0 Å². The van der Waals surface area contributed by atoms with Crippen LogP contribution in [0.15, 0.2) is 18.3 Å². The molecule has 0 saturated carbocycles. The molecule has 1 heterocycles. The van der Waals surface area contributed by atoms with Crippen LogP contribution in [0.5, 0.6) is 0 Å². The summed E-state index contributed by atoms with van der Waals surface area (Å²) in [6.07, 6.45) is 6.40. The maximum Gasteiger partial charge on any atom is 0.321 e. The van der Waals surface area contributed by atoms with Gasteiger partial charge in [0.15, 0.2) is 5.13 Å². The Bertz CT molecular complexity index is 505. The number of carbonyl (C=O) groups is 1. The lowest BCUT2D eigenvalue weighted by Gasteiger charge is -2.14. The maximum absolute atomic E-state index is 11.9. The molecule has 1 aromatic heterocycles. The second-order valence-electron chi connectivity index (χ2n) is 6.05. The van der Waals surface area contributed by atoms with E-state index in [1.54, 1.807) is 6.20 Å². The monoisotopic (exact) mass is 295 g/mol. The fraction of sp³-hybridized carbons (Fsp3) is 0.571. The van der Waals surface area contributed by atoms with Crippen LogP contribution < -0.4 is 10.6 Å². The van der Waals surface area contributed by atoms with Gasteiger partial charge in [0, 0.05) is 29.6 Å². The van der Waals surface area contributed by atoms with Crippen molar-refractivity contribution in [2.45, 2.75) is 38.6 Å². The molecule has 2 rings (SSSR count). The summed E-state index contributed by atoms with van der Waals surface area (Å²) >= 11 is 1.49. The normalized spacial score (nSPS) is 22.0. The van der Waals surface area contributed by atoms with E-state index in [2.05, 4.69) is 36.4 Å². The number of hydrogen-bond donors (Lipinski definition) is 3. The molecule has 0 unspecified atom stereocenters. The van der Waals surface area contributed by atoms with Crippen LogP contribution in [0.25, 0.3) is 0 Å². The fourth-order valence-corrected chi connectivity index (χ4v) is 2.87. The third-order valence-corrected chi connectivity index (χ3v) is 4.53. The van der Waals surface area contributed by atoms with Gasteiger partial charge >= 0.3 is 6.03 Å². The van der Waals surface area contributed by atoms with Crippen molar-refractivity contribution in [2.75, 3.05) is 11.9 Å². The first kappa shape index (κ1) is 15.0. The molecular weight excluding hydrogens is 274 g/mol. The van der Waals surface area contributed by atoms with Gasteiger partial charge < -0.3 is 10.4 Å². The number of nitrogens with one attached hydrogen (secondary N) is 2. The Morgan fingerprint density at radius 1 is 1.50 bits per heavy atom. The van der Waals surface area contributed by atoms with Gasteiger partial charge in [0.25, 0.3) is 0 Å². The van der Waals surface area contributed by atoms with Gasteiger partial charge in [-0.05, 0) is 11.8 Å². The van der Waals surface area contributed by atoms with Crippen LogP contribution in [0, 0.1) is 5.92 Å². The molecule has 1 aromatic rings. The topological polar surface area (TPSA) is 74.2 Å². The van der Waals surface area contributed by atoms with Gasteiger partial charge in [-0.25, -0.2) is 9.78 Å². The Morgan fingerprint density at radius 3 is 2.80 bits per heavy atom. The third-order valence-electron chi connectivity index (χ3n) is 3.19. The van der Waals surface area contributed by atoms with Crippen molar-refractivity contribution < 1.29 is 9.90 Å². The maximum atomic E-state index is 11.9. The molecule has 20 heavy (non-hydrogen) atoms. The van der Waals surface area contributed by atoms with Crippen LogP contribution in [0.3, 0.4) is 0 Å². The minimum atomic E-state index is -0.256.